The first kappa shape index (κ1) is 9.83. The molecule has 14 heavy (non-hydrogen) atoms. The van der Waals surface area contributed by atoms with Gasteiger partial charge in [-0.1, -0.05) is 12.1 Å². The third-order valence-corrected chi connectivity index (χ3v) is 1.55. The van der Waals surface area contributed by atoms with Crippen molar-refractivity contribution < 1.29 is 19.1 Å². The fraction of sp³-hybridized carbons (Fsp3) is 0. The summed E-state index contributed by atoms with van der Waals surface area (Å²) in [6.07, 6.45) is 0.750. The van der Waals surface area contributed by atoms with Gasteiger partial charge in [-0.2, -0.15) is 0 Å². The Morgan fingerprint density at radius 3 is 1.79 bits per heavy atom. The predicted octanol–water partition coefficient (Wildman–Crippen LogP) is 0.898. The van der Waals surface area contributed by atoms with E-state index in [9.17, 15) is 9.59 Å². The van der Waals surface area contributed by atoms with Gasteiger partial charge in [0, 0.05) is 0 Å². The van der Waals surface area contributed by atoms with Crippen molar-refractivity contribution in [2.45, 2.75) is 0 Å². The number of hydrogen-bond donors (Lipinski definition) is 1. The monoisotopic (exact) mass is 191 g/mol. The second-order valence-corrected chi connectivity index (χ2v) is 2.32. The van der Waals surface area contributed by atoms with Crippen LogP contribution >= 0.6 is 0 Å². The van der Waals surface area contributed by atoms with Gasteiger partial charge in [0.1, 0.15) is 0 Å². The number of cyclic esters (lactones) is 2. The lowest BCUT2D eigenvalue weighted by Gasteiger charge is -1.86. The molecule has 1 aromatic carbocycles. The number of ether oxygens (including phenoxy) is 1. The Morgan fingerprint density at radius 2 is 1.43 bits per heavy atom. The largest absolute Gasteiger partial charge is 0.386 e. The molecule has 0 spiro atoms. The molecule has 70 valence electrons. The molecular formula is C9H5NO4. The zero-order chi connectivity index (χ0) is 10.6. The van der Waals surface area contributed by atoms with Gasteiger partial charge in [-0.05, 0) is 12.1 Å². The number of esters is 2. The zero-order valence-corrected chi connectivity index (χ0v) is 6.94. The van der Waals surface area contributed by atoms with Crippen molar-refractivity contribution in [3.8, 4) is 0 Å². The average molecular weight is 191 g/mol. The Kier molecular flexibility index (Phi) is 2.89. The molecule has 0 atom stereocenters. The molecule has 0 aromatic heterocycles. The van der Waals surface area contributed by atoms with E-state index in [0.717, 1.165) is 6.08 Å². The highest BCUT2D eigenvalue weighted by Crippen LogP contribution is 2.18. The van der Waals surface area contributed by atoms with E-state index in [1.54, 1.807) is 24.3 Å². The minimum atomic E-state index is -0.550. The topological polar surface area (TPSA) is 84.3 Å². The minimum Gasteiger partial charge on any atom is -0.386 e. The Morgan fingerprint density at radius 1 is 1.07 bits per heavy atom. The van der Waals surface area contributed by atoms with Crippen LogP contribution in [0.1, 0.15) is 20.7 Å². The summed E-state index contributed by atoms with van der Waals surface area (Å²) in [5, 5.41) is 5.40. The molecule has 0 aliphatic carbocycles. The van der Waals surface area contributed by atoms with Crippen molar-refractivity contribution in [2.75, 3.05) is 0 Å². The molecule has 5 nitrogen and oxygen atoms in total. The molecule has 0 unspecified atom stereocenters. The molecule has 0 saturated carbocycles. The van der Waals surface area contributed by atoms with Gasteiger partial charge in [-0.25, -0.2) is 19.8 Å². The van der Waals surface area contributed by atoms with Crippen molar-refractivity contribution in [1.82, 2.24) is 0 Å². The molecule has 1 N–H and O–H groups in total. The summed E-state index contributed by atoms with van der Waals surface area (Å²) in [5.74, 6) is -1.10. The maximum Gasteiger partial charge on any atom is 0.346 e. The van der Waals surface area contributed by atoms with E-state index in [1.165, 1.54) is 0 Å². The Balaban J connectivity index is 0.000000293. The predicted molar refractivity (Wildman–Crippen MR) is 44.6 cm³/mol. The number of carbonyl (C=O) groups excluding carboxylic acids is 3. The van der Waals surface area contributed by atoms with Crippen LogP contribution in [-0.4, -0.2) is 18.0 Å². The molecule has 1 aliphatic rings. The van der Waals surface area contributed by atoms with Gasteiger partial charge in [0.25, 0.3) is 0 Å². The summed E-state index contributed by atoms with van der Waals surface area (Å²) in [6.45, 7) is 0. The summed E-state index contributed by atoms with van der Waals surface area (Å²) in [6, 6.07) is 6.53. The van der Waals surface area contributed by atoms with Crippen molar-refractivity contribution in [1.29, 1.82) is 5.41 Å². The van der Waals surface area contributed by atoms with Crippen LogP contribution in [0.2, 0.25) is 0 Å². The van der Waals surface area contributed by atoms with E-state index in [0.29, 0.717) is 11.1 Å². The van der Waals surface area contributed by atoms with Gasteiger partial charge in [-0.15, -0.1) is 0 Å². The van der Waals surface area contributed by atoms with Crippen LogP contribution in [0.15, 0.2) is 24.3 Å². The van der Waals surface area contributed by atoms with E-state index in [1.807, 2.05) is 0 Å². The van der Waals surface area contributed by atoms with Crippen molar-refractivity contribution in [3.05, 3.63) is 35.4 Å². The SMILES string of the molecule is N=C=O.O=C1OC(=O)c2ccccc21. The number of isocyanates is 1. The van der Waals surface area contributed by atoms with Crippen LogP contribution in [0.25, 0.3) is 0 Å². The summed E-state index contributed by atoms with van der Waals surface area (Å²) >= 11 is 0. The van der Waals surface area contributed by atoms with Crippen LogP contribution in [-0.2, 0) is 9.53 Å². The molecule has 1 aromatic rings. The molecule has 1 aliphatic heterocycles. The van der Waals surface area contributed by atoms with Crippen molar-refractivity contribution >= 4 is 18.0 Å². The first-order valence-electron chi connectivity index (χ1n) is 3.60. The first-order chi connectivity index (χ1) is 6.70. The van der Waals surface area contributed by atoms with Crippen LogP contribution in [0.5, 0.6) is 0 Å². The van der Waals surface area contributed by atoms with Crippen molar-refractivity contribution in [3.63, 3.8) is 0 Å². The fourth-order valence-electron chi connectivity index (χ4n) is 1.03. The number of fused-ring (bicyclic) bond motifs is 1. The standard InChI is InChI=1S/C8H4O3.CHNO/c9-7-5-3-1-2-4-6(5)8(10)11-7;2-1-3/h1-4H;2H. The van der Waals surface area contributed by atoms with Crippen LogP contribution in [0.3, 0.4) is 0 Å². The van der Waals surface area contributed by atoms with E-state index in [4.69, 9.17) is 10.2 Å². The molecule has 0 fully saturated rings. The number of nitrogens with one attached hydrogen (secondary N) is 1. The lowest BCUT2D eigenvalue weighted by molar-refractivity contribution is 0.0444. The Bertz CT molecular complexity index is 386. The van der Waals surface area contributed by atoms with Gasteiger partial charge >= 0.3 is 11.9 Å². The normalized spacial score (nSPS) is 12.0. The molecule has 0 radical (unpaired) electrons. The number of hydrogen-bond acceptors (Lipinski definition) is 5. The van der Waals surface area contributed by atoms with E-state index < -0.39 is 11.9 Å². The third-order valence-electron chi connectivity index (χ3n) is 1.55. The van der Waals surface area contributed by atoms with Gasteiger partial charge in [-0.3, -0.25) is 0 Å². The third kappa shape index (κ3) is 1.73. The van der Waals surface area contributed by atoms with Gasteiger partial charge < -0.3 is 4.74 Å². The highest BCUT2D eigenvalue weighted by Gasteiger charge is 2.28. The second kappa shape index (κ2) is 4.11. The molecular weight excluding hydrogens is 186 g/mol. The highest BCUT2D eigenvalue weighted by atomic mass is 16.6. The maximum absolute atomic E-state index is 10.8. The fourth-order valence-corrected chi connectivity index (χ4v) is 1.03. The van der Waals surface area contributed by atoms with Crippen LogP contribution < -0.4 is 0 Å². The molecule has 0 amide bonds. The molecule has 1 heterocycles. The van der Waals surface area contributed by atoms with E-state index >= 15 is 0 Å². The van der Waals surface area contributed by atoms with Crippen LogP contribution in [0.4, 0.5) is 0 Å². The van der Waals surface area contributed by atoms with E-state index in [2.05, 4.69) is 4.74 Å². The number of benzene rings is 1. The van der Waals surface area contributed by atoms with Gasteiger partial charge in [0.2, 0.25) is 6.08 Å². The Labute approximate surface area is 78.8 Å². The molecule has 0 saturated heterocycles. The summed E-state index contributed by atoms with van der Waals surface area (Å²) in [7, 11) is 0. The highest BCUT2D eigenvalue weighted by molar-refractivity contribution is 6.14. The molecule has 2 rings (SSSR count). The number of carbonyl (C=O) groups is 2. The molecule has 5 heteroatoms. The Hall–Kier alpha value is -2.26. The molecule has 0 bridgehead atoms. The van der Waals surface area contributed by atoms with E-state index in [-0.39, 0.29) is 0 Å². The summed E-state index contributed by atoms with van der Waals surface area (Å²) < 4.78 is 4.35. The number of rotatable bonds is 0. The lowest BCUT2D eigenvalue weighted by atomic mass is 10.1. The van der Waals surface area contributed by atoms with Crippen molar-refractivity contribution in [2.24, 2.45) is 0 Å². The van der Waals surface area contributed by atoms with Gasteiger partial charge in [0.15, 0.2) is 0 Å². The average Bonchev–Trinajstić information content (AvgIpc) is 2.45. The second-order valence-electron chi connectivity index (χ2n) is 2.32. The smallest absolute Gasteiger partial charge is 0.346 e. The maximum atomic E-state index is 10.8. The van der Waals surface area contributed by atoms with Crippen LogP contribution in [0, 0.1) is 5.41 Å². The lowest BCUT2D eigenvalue weighted by Crippen LogP contribution is -1.96. The van der Waals surface area contributed by atoms with Gasteiger partial charge in [0.05, 0.1) is 11.1 Å². The summed E-state index contributed by atoms with van der Waals surface area (Å²) in [4.78, 5) is 30.0. The quantitative estimate of drug-likeness (QED) is 0.285. The first-order valence-corrected chi connectivity index (χ1v) is 3.60. The minimum absolute atomic E-state index is 0.359. The summed E-state index contributed by atoms with van der Waals surface area (Å²) in [5.41, 5.74) is 0.718. The zero-order valence-electron chi connectivity index (χ0n) is 6.94.